The highest BCUT2D eigenvalue weighted by molar-refractivity contribution is 5.71. The standard InChI is InChI=1S/C12H21NO4/c1-12(2,3)17-11(15)13-9-6-5-8(9)7-10(14)16-4/h8-9H,5-7H2,1-4H3,(H,13,15). The molecule has 1 aliphatic rings. The summed E-state index contributed by atoms with van der Waals surface area (Å²) in [6.45, 7) is 5.46. The summed E-state index contributed by atoms with van der Waals surface area (Å²) in [6.07, 6.45) is 1.77. The molecule has 0 spiro atoms. The van der Waals surface area contributed by atoms with Gasteiger partial charge in [-0.3, -0.25) is 4.79 Å². The summed E-state index contributed by atoms with van der Waals surface area (Å²) in [5.41, 5.74) is -0.494. The molecule has 5 nitrogen and oxygen atoms in total. The highest BCUT2D eigenvalue weighted by Crippen LogP contribution is 2.30. The quantitative estimate of drug-likeness (QED) is 0.768. The number of alkyl carbamates (subject to hydrolysis) is 1. The van der Waals surface area contributed by atoms with Gasteiger partial charge in [0.1, 0.15) is 5.60 Å². The van der Waals surface area contributed by atoms with Crippen LogP contribution in [0.25, 0.3) is 0 Å². The fourth-order valence-electron chi connectivity index (χ4n) is 1.76. The Balaban J connectivity index is 2.32. The molecule has 1 fully saturated rings. The molecule has 0 aromatic carbocycles. The van der Waals surface area contributed by atoms with Gasteiger partial charge in [0.2, 0.25) is 0 Å². The lowest BCUT2D eigenvalue weighted by Crippen LogP contribution is -2.49. The largest absolute Gasteiger partial charge is 0.469 e. The van der Waals surface area contributed by atoms with Crippen molar-refractivity contribution in [2.45, 2.75) is 51.7 Å². The molecular formula is C12H21NO4. The summed E-state index contributed by atoms with van der Waals surface area (Å²) in [5.74, 6) is -0.0549. The summed E-state index contributed by atoms with van der Waals surface area (Å²) in [6, 6.07) is 0.0314. The molecule has 0 aromatic rings. The summed E-state index contributed by atoms with van der Waals surface area (Å²) in [4.78, 5) is 22.6. The van der Waals surface area contributed by atoms with Gasteiger partial charge in [0, 0.05) is 6.04 Å². The lowest BCUT2D eigenvalue weighted by Gasteiger charge is -2.36. The van der Waals surface area contributed by atoms with Crippen LogP contribution in [0.1, 0.15) is 40.0 Å². The first kappa shape index (κ1) is 13.8. The first-order valence-electron chi connectivity index (χ1n) is 5.88. The second-order valence-electron chi connectivity index (χ2n) is 5.37. The molecule has 0 bridgehead atoms. The third-order valence-corrected chi connectivity index (χ3v) is 2.78. The summed E-state index contributed by atoms with van der Waals surface area (Å²) >= 11 is 0. The van der Waals surface area contributed by atoms with Crippen molar-refractivity contribution in [1.82, 2.24) is 5.32 Å². The smallest absolute Gasteiger partial charge is 0.407 e. The first-order chi connectivity index (χ1) is 7.81. The maximum Gasteiger partial charge on any atom is 0.407 e. The van der Waals surface area contributed by atoms with Crippen molar-refractivity contribution in [2.24, 2.45) is 5.92 Å². The van der Waals surface area contributed by atoms with Gasteiger partial charge in [-0.25, -0.2) is 4.79 Å². The van der Waals surface area contributed by atoms with Gasteiger partial charge in [-0.05, 0) is 39.5 Å². The number of carbonyl (C=O) groups is 2. The molecule has 2 unspecified atom stereocenters. The fourth-order valence-corrected chi connectivity index (χ4v) is 1.76. The van der Waals surface area contributed by atoms with Gasteiger partial charge >= 0.3 is 12.1 Å². The summed E-state index contributed by atoms with van der Waals surface area (Å²) < 4.78 is 9.77. The van der Waals surface area contributed by atoms with Crippen molar-refractivity contribution in [3.8, 4) is 0 Å². The molecular weight excluding hydrogens is 222 g/mol. The Labute approximate surface area is 102 Å². The Hall–Kier alpha value is -1.26. The Bertz CT molecular complexity index is 295. The summed E-state index contributed by atoms with van der Waals surface area (Å²) in [5, 5.41) is 2.78. The number of methoxy groups -OCH3 is 1. The maximum atomic E-state index is 11.5. The summed E-state index contributed by atoms with van der Waals surface area (Å²) in [7, 11) is 1.37. The van der Waals surface area contributed by atoms with E-state index in [4.69, 9.17) is 4.74 Å². The molecule has 0 saturated heterocycles. The molecule has 17 heavy (non-hydrogen) atoms. The number of hydrogen-bond acceptors (Lipinski definition) is 4. The zero-order chi connectivity index (χ0) is 13.1. The van der Waals surface area contributed by atoms with Gasteiger partial charge in [0.25, 0.3) is 0 Å². The van der Waals surface area contributed by atoms with E-state index in [2.05, 4.69) is 10.1 Å². The number of amides is 1. The molecule has 1 amide bonds. The van der Waals surface area contributed by atoms with Gasteiger partial charge in [0.05, 0.1) is 13.5 Å². The van der Waals surface area contributed by atoms with Crippen molar-refractivity contribution in [1.29, 1.82) is 0 Å². The van der Waals surface area contributed by atoms with Crippen LogP contribution < -0.4 is 5.32 Å². The molecule has 1 saturated carbocycles. The molecule has 0 radical (unpaired) electrons. The molecule has 0 aliphatic heterocycles. The van der Waals surface area contributed by atoms with Crippen LogP contribution in [0.4, 0.5) is 4.79 Å². The minimum Gasteiger partial charge on any atom is -0.469 e. The zero-order valence-electron chi connectivity index (χ0n) is 10.9. The Kier molecular flexibility index (Phi) is 4.37. The van der Waals surface area contributed by atoms with Crippen LogP contribution >= 0.6 is 0 Å². The monoisotopic (exact) mass is 243 g/mol. The fraction of sp³-hybridized carbons (Fsp3) is 0.833. The normalized spacial score (nSPS) is 23.5. The lowest BCUT2D eigenvalue weighted by molar-refractivity contribution is -0.142. The Morgan fingerprint density at radius 2 is 1.94 bits per heavy atom. The topological polar surface area (TPSA) is 64.6 Å². The van der Waals surface area contributed by atoms with Gasteiger partial charge < -0.3 is 14.8 Å². The highest BCUT2D eigenvalue weighted by atomic mass is 16.6. The van der Waals surface area contributed by atoms with E-state index in [1.54, 1.807) is 0 Å². The second-order valence-corrected chi connectivity index (χ2v) is 5.37. The van der Waals surface area contributed by atoms with Gasteiger partial charge in [-0.15, -0.1) is 0 Å². The van der Waals surface area contributed by atoms with Gasteiger partial charge in [0.15, 0.2) is 0 Å². The van der Waals surface area contributed by atoms with Gasteiger partial charge in [-0.2, -0.15) is 0 Å². The molecule has 1 N–H and O–H groups in total. The van der Waals surface area contributed by atoms with Crippen molar-refractivity contribution in [2.75, 3.05) is 7.11 Å². The maximum absolute atomic E-state index is 11.5. The van der Waals surface area contributed by atoms with Crippen LogP contribution in [0, 0.1) is 5.92 Å². The van der Waals surface area contributed by atoms with Gasteiger partial charge in [-0.1, -0.05) is 0 Å². The van der Waals surface area contributed by atoms with Crippen molar-refractivity contribution < 1.29 is 19.1 Å². The Morgan fingerprint density at radius 1 is 1.29 bits per heavy atom. The molecule has 0 heterocycles. The average Bonchev–Trinajstić information content (AvgIpc) is 2.18. The van der Waals surface area contributed by atoms with Crippen LogP contribution in [0.5, 0.6) is 0 Å². The minimum atomic E-state index is -0.494. The van der Waals surface area contributed by atoms with E-state index in [0.717, 1.165) is 12.8 Å². The van der Waals surface area contributed by atoms with Crippen molar-refractivity contribution in [3.05, 3.63) is 0 Å². The molecule has 0 aromatic heterocycles. The van der Waals surface area contributed by atoms with Crippen molar-refractivity contribution in [3.63, 3.8) is 0 Å². The van der Waals surface area contributed by atoms with Crippen LogP contribution in [0.3, 0.4) is 0 Å². The number of rotatable bonds is 3. The van der Waals surface area contributed by atoms with E-state index in [0.29, 0.717) is 6.42 Å². The van der Waals surface area contributed by atoms with E-state index >= 15 is 0 Å². The van der Waals surface area contributed by atoms with E-state index in [1.165, 1.54) is 7.11 Å². The zero-order valence-corrected chi connectivity index (χ0v) is 10.9. The molecule has 1 aliphatic carbocycles. The third-order valence-electron chi connectivity index (χ3n) is 2.78. The van der Waals surface area contributed by atoms with E-state index in [1.807, 2.05) is 20.8 Å². The van der Waals surface area contributed by atoms with E-state index in [-0.39, 0.29) is 17.9 Å². The number of hydrogen-bond donors (Lipinski definition) is 1. The predicted molar refractivity (Wildman–Crippen MR) is 62.5 cm³/mol. The molecule has 5 heteroatoms. The minimum absolute atomic E-state index is 0.0314. The SMILES string of the molecule is COC(=O)CC1CCC1NC(=O)OC(C)(C)C. The Morgan fingerprint density at radius 3 is 2.35 bits per heavy atom. The number of esters is 1. The van der Waals surface area contributed by atoms with Crippen molar-refractivity contribution >= 4 is 12.1 Å². The molecule has 98 valence electrons. The lowest BCUT2D eigenvalue weighted by atomic mass is 9.77. The van der Waals surface area contributed by atoms with E-state index < -0.39 is 11.7 Å². The van der Waals surface area contributed by atoms with Crippen LogP contribution in [-0.4, -0.2) is 30.8 Å². The third kappa shape index (κ3) is 4.63. The number of nitrogens with one attached hydrogen (secondary N) is 1. The molecule has 1 rings (SSSR count). The second kappa shape index (κ2) is 5.38. The molecule has 2 atom stereocenters. The van der Waals surface area contributed by atoms with Crippen LogP contribution in [0.2, 0.25) is 0 Å². The number of ether oxygens (including phenoxy) is 2. The van der Waals surface area contributed by atoms with Crippen LogP contribution in [0.15, 0.2) is 0 Å². The van der Waals surface area contributed by atoms with E-state index in [9.17, 15) is 9.59 Å². The number of carbonyl (C=O) groups excluding carboxylic acids is 2. The first-order valence-corrected chi connectivity index (χ1v) is 5.88. The average molecular weight is 243 g/mol. The highest BCUT2D eigenvalue weighted by Gasteiger charge is 2.34. The predicted octanol–water partition coefficient (Wildman–Crippen LogP) is 1.85. The van der Waals surface area contributed by atoms with Crippen LogP contribution in [-0.2, 0) is 14.3 Å².